The number of amides is 1. The first-order valence-electron chi connectivity index (χ1n) is 6.67. The van der Waals surface area contributed by atoms with Crippen LogP contribution in [0.25, 0.3) is 5.69 Å². The van der Waals surface area contributed by atoms with Gasteiger partial charge in [-0.15, -0.1) is 0 Å². The summed E-state index contributed by atoms with van der Waals surface area (Å²) in [5.74, 6) is -0.535. The molecule has 1 aromatic heterocycles. The largest absolute Gasteiger partial charge is 0.469 e. The normalized spacial score (nSPS) is 10.1. The number of benzene rings is 1. The zero-order valence-corrected chi connectivity index (χ0v) is 11.8. The summed E-state index contributed by atoms with van der Waals surface area (Å²) < 4.78 is 6.17. The number of carbonyl (C=O) groups is 2. The minimum absolute atomic E-state index is 0.255. The van der Waals surface area contributed by atoms with Crippen molar-refractivity contribution in [2.45, 2.75) is 12.8 Å². The van der Waals surface area contributed by atoms with Gasteiger partial charge >= 0.3 is 5.97 Å². The molecule has 2 aromatic rings. The lowest BCUT2D eigenvalue weighted by Crippen LogP contribution is -2.25. The van der Waals surface area contributed by atoms with Gasteiger partial charge in [-0.3, -0.25) is 9.59 Å². The smallest absolute Gasteiger partial charge is 0.305 e. The van der Waals surface area contributed by atoms with Crippen LogP contribution >= 0.6 is 0 Å². The number of nitrogens with one attached hydrogen (secondary N) is 1. The van der Waals surface area contributed by atoms with Crippen molar-refractivity contribution in [2.75, 3.05) is 13.7 Å². The summed E-state index contributed by atoms with van der Waals surface area (Å²) in [6.07, 6.45) is 2.56. The minimum atomic E-state index is -0.280. The maximum Gasteiger partial charge on any atom is 0.305 e. The van der Waals surface area contributed by atoms with Gasteiger partial charge in [0.2, 0.25) is 0 Å². The third-order valence-corrected chi connectivity index (χ3v) is 2.91. The maximum absolute atomic E-state index is 11.9. The second-order valence-corrected chi connectivity index (χ2v) is 4.42. The van der Waals surface area contributed by atoms with Crippen LogP contribution in [0, 0.1) is 0 Å². The molecule has 0 bridgehead atoms. The number of esters is 1. The Hall–Kier alpha value is -2.63. The molecular formula is C15H17N3O3. The zero-order chi connectivity index (χ0) is 15.1. The molecule has 6 heteroatoms. The number of carbonyl (C=O) groups excluding carboxylic acids is 2. The third-order valence-electron chi connectivity index (χ3n) is 2.91. The quantitative estimate of drug-likeness (QED) is 0.646. The highest BCUT2D eigenvalue weighted by Gasteiger charge is 2.09. The maximum atomic E-state index is 11.9. The Balaban J connectivity index is 1.86. The second kappa shape index (κ2) is 7.23. The van der Waals surface area contributed by atoms with Crippen molar-refractivity contribution in [3.63, 3.8) is 0 Å². The van der Waals surface area contributed by atoms with E-state index in [1.54, 1.807) is 16.9 Å². The van der Waals surface area contributed by atoms with Gasteiger partial charge < -0.3 is 10.1 Å². The molecule has 0 radical (unpaired) electrons. The highest BCUT2D eigenvalue weighted by atomic mass is 16.5. The molecule has 0 spiro atoms. The van der Waals surface area contributed by atoms with Crippen LogP contribution < -0.4 is 5.32 Å². The number of rotatable bonds is 6. The lowest BCUT2D eigenvalue weighted by molar-refractivity contribution is -0.140. The van der Waals surface area contributed by atoms with Crippen molar-refractivity contribution in [1.29, 1.82) is 0 Å². The minimum Gasteiger partial charge on any atom is -0.469 e. The lowest BCUT2D eigenvalue weighted by Gasteiger charge is -2.03. The fraction of sp³-hybridized carbons (Fsp3) is 0.267. The zero-order valence-electron chi connectivity index (χ0n) is 11.8. The summed E-state index contributed by atoms with van der Waals surface area (Å²) in [7, 11) is 1.34. The number of methoxy groups -OCH3 is 1. The highest BCUT2D eigenvalue weighted by molar-refractivity contribution is 5.92. The molecule has 0 unspecified atom stereocenters. The van der Waals surface area contributed by atoms with Gasteiger partial charge in [-0.25, -0.2) is 4.68 Å². The number of ether oxygens (including phenoxy) is 1. The van der Waals surface area contributed by atoms with Crippen LogP contribution in [0.4, 0.5) is 0 Å². The van der Waals surface area contributed by atoms with Crippen molar-refractivity contribution >= 4 is 11.9 Å². The van der Waals surface area contributed by atoms with E-state index in [0.717, 1.165) is 5.69 Å². The third kappa shape index (κ3) is 4.17. The fourth-order valence-corrected chi connectivity index (χ4v) is 1.80. The Morgan fingerprint density at radius 2 is 2.00 bits per heavy atom. The summed E-state index contributed by atoms with van der Waals surface area (Å²) in [5, 5.41) is 6.94. The van der Waals surface area contributed by atoms with Gasteiger partial charge in [0.1, 0.15) is 0 Å². The molecule has 110 valence electrons. The molecule has 0 aliphatic rings. The van der Waals surface area contributed by atoms with Crippen molar-refractivity contribution in [3.8, 4) is 5.69 Å². The van der Waals surface area contributed by atoms with Crippen LogP contribution in [-0.2, 0) is 9.53 Å². The van der Waals surface area contributed by atoms with E-state index in [-0.39, 0.29) is 18.3 Å². The Morgan fingerprint density at radius 1 is 1.24 bits per heavy atom. The second-order valence-electron chi connectivity index (χ2n) is 4.42. The van der Waals surface area contributed by atoms with Gasteiger partial charge in [0, 0.05) is 19.2 Å². The molecule has 0 saturated carbocycles. The average molecular weight is 287 g/mol. The van der Waals surface area contributed by atoms with Crippen molar-refractivity contribution in [1.82, 2.24) is 15.1 Å². The van der Waals surface area contributed by atoms with Crippen molar-refractivity contribution in [3.05, 3.63) is 48.3 Å². The van der Waals surface area contributed by atoms with Gasteiger partial charge in [0.25, 0.3) is 5.91 Å². The molecule has 0 fully saturated rings. The molecule has 0 saturated heterocycles. The predicted octanol–water partition coefficient (Wildman–Crippen LogP) is 1.56. The van der Waals surface area contributed by atoms with Crippen LogP contribution in [0.2, 0.25) is 0 Å². The number of hydrogen-bond donors (Lipinski definition) is 1. The summed E-state index contributed by atoms with van der Waals surface area (Å²) >= 11 is 0. The number of nitrogens with zero attached hydrogens (tertiary/aromatic N) is 2. The molecule has 0 aliphatic carbocycles. The van der Waals surface area contributed by atoms with Crippen LogP contribution in [0.5, 0.6) is 0 Å². The molecule has 6 nitrogen and oxygen atoms in total. The Kier molecular flexibility index (Phi) is 5.09. The van der Waals surface area contributed by atoms with Gasteiger partial charge in [-0.1, -0.05) is 18.2 Å². The summed E-state index contributed by atoms with van der Waals surface area (Å²) in [4.78, 5) is 22.8. The Morgan fingerprint density at radius 3 is 2.71 bits per heavy atom. The Bertz CT molecular complexity index is 608. The van der Waals surface area contributed by atoms with E-state index in [2.05, 4.69) is 15.2 Å². The number of aromatic nitrogens is 2. The van der Waals surface area contributed by atoms with E-state index in [1.165, 1.54) is 7.11 Å². The first-order chi connectivity index (χ1) is 10.2. The van der Waals surface area contributed by atoms with Gasteiger partial charge in [0.05, 0.1) is 12.8 Å². The monoisotopic (exact) mass is 287 g/mol. The average Bonchev–Trinajstić information content (AvgIpc) is 3.02. The summed E-state index contributed by atoms with van der Waals surface area (Å²) in [6.45, 7) is 0.409. The highest BCUT2D eigenvalue weighted by Crippen LogP contribution is 2.06. The van der Waals surface area contributed by atoms with E-state index in [1.807, 2.05) is 30.3 Å². The molecular weight excluding hydrogens is 270 g/mol. The SMILES string of the molecule is COC(=O)CCCNC(=O)c1ccn(-c2ccccc2)n1. The number of para-hydroxylation sites is 1. The van der Waals surface area contributed by atoms with E-state index in [4.69, 9.17) is 0 Å². The first kappa shape index (κ1) is 14.8. The van der Waals surface area contributed by atoms with Crippen LogP contribution in [0.15, 0.2) is 42.6 Å². The van der Waals surface area contributed by atoms with E-state index in [9.17, 15) is 9.59 Å². The summed E-state index contributed by atoms with van der Waals surface area (Å²) in [5.41, 5.74) is 1.24. The van der Waals surface area contributed by atoms with E-state index >= 15 is 0 Å². The van der Waals surface area contributed by atoms with Crippen molar-refractivity contribution < 1.29 is 14.3 Å². The van der Waals surface area contributed by atoms with E-state index < -0.39 is 0 Å². The topological polar surface area (TPSA) is 73.2 Å². The van der Waals surface area contributed by atoms with Gasteiger partial charge in [0.15, 0.2) is 5.69 Å². The lowest BCUT2D eigenvalue weighted by atomic mass is 10.3. The van der Waals surface area contributed by atoms with Crippen molar-refractivity contribution in [2.24, 2.45) is 0 Å². The van der Waals surface area contributed by atoms with Gasteiger partial charge in [-0.05, 0) is 24.6 Å². The fourth-order valence-electron chi connectivity index (χ4n) is 1.80. The summed E-state index contributed by atoms with van der Waals surface area (Å²) in [6, 6.07) is 11.2. The van der Waals surface area contributed by atoms with Crippen LogP contribution in [0.1, 0.15) is 23.3 Å². The molecule has 1 aromatic carbocycles. The molecule has 21 heavy (non-hydrogen) atoms. The molecule has 0 aliphatic heterocycles. The standard InChI is InChI=1S/C15H17N3O3/c1-21-14(19)8-5-10-16-15(20)13-9-11-18(17-13)12-6-3-2-4-7-12/h2-4,6-7,9,11H,5,8,10H2,1H3,(H,16,20). The predicted molar refractivity (Wildman–Crippen MR) is 77.1 cm³/mol. The molecule has 0 atom stereocenters. The molecule has 1 N–H and O–H groups in total. The van der Waals surface area contributed by atoms with Gasteiger partial charge in [-0.2, -0.15) is 5.10 Å². The van der Waals surface area contributed by atoms with Crippen LogP contribution in [0.3, 0.4) is 0 Å². The van der Waals surface area contributed by atoms with Crippen LogP contribution in [-0.4, -0.2) is 35.3 Å². The molecule has 1 heterocycles. The number of hydrogen-bond acceptors (Lipinski definition) is 4. The molecule has 1 amide bonds. The first-order valence-corrected chi connectivity index (χ1v) is 6.67. The Labute approximate surface area is 122 Å². The van der Waals surface area contributed by atoms with E-state index in [0.29, 0.717) is 18.7 Å². The molecule has 2 rings (SSSR count).